The second kappa shape index (κ2) is 7.77. The second-order valence-corrected chi connectivity index (χ2v) is 9.12. The first kappa shape index (κ1) is 19.1. The van der Waals surface area contributed by atoms with Gasteiger partial charge in [-0.3, -0.25) is 4.57 Å². The van der Waals surface area contributed by atoms with E-state index >= 15 is 0 Å². The third-order valence-electron chi connectivity index (χ3n) is 3.27. The third-order valence-corrected chi connectivity index (χ3v) is 6.20. The van der Waals surface area contributed by atoms with Gasteiger partial charge in [0.05, 0.1) is 18.0 Å². The van der Waals surface area contributed by atoms with Gasteiger partial charge < -0.3 is 35.0 Å². The van der Waals surface area contributed by atoms with Crippen molar-refractivity contribution in [3.63, 3.8) is 0 Å². The summed E-state index contributed by atoms with van der Waals surface area (Å²) in [5.41, 5.74) is 4.74. The van der Waals surface area contributed by atoms with Crippen molar-refractivity contribution in [1.82, 2.24) is 9.55 Å². The summed E-state index contributed by atoms with van der Waals surface area (Å²) in [5.74, 6) is 2.28. The van der Waals surface area contributed by atoms with Crippen LogP contribution in [0, 0.1) is 12.3 Å². The molecule has 1 aromatic rings. The van der Waals surface area contributed by atoms with Gasteiger partial charge in [-0.1, -0.05) is 5.92 Å². The first-order valence-electron chi connectivity index (χ1n) is 6.72. The van der Waals surface area contributed by atoms with Gasteiger partial charge in [-0.2, -0.15) is 4.98 Å². The molecule has 0 spiro atoms. The molecular weight excluding hydrogens is 361 g/mol. The molecule has 12 heteroatoms. The molecule has 4 atom stereocenters. The fraction of sp³-hybridized carbons (Fsp3) is 0.500. The van der Waals surface area contributed by atoms with E-state index in [4.69, 9.17) is 21.6 Å². The molecular formula is C12H18N3O7PS. The number of hydrogen-bond acceptors (Lipinski definition) is 6. The smallest absolute Gasteiger partial charge is 0.351 e. The average Bonchev–Trinajstić information content (AvgIpc) is 2.81. The third kappa shape index (κ3) is 4.44. The lowest BCUT2D eigenvalue weighted by Crippen LogP contribution is -2.38. The Bertz CT molecular complexity index is 735. The highest BCUT2D eigenvalue weighted by molar-refractivity contribution is 8.16. The Labute approximate surface area is 140 Å². The van der Waals surface area contributed by atoms with Gasteiger partial charge in [-0.15, -0.1) is 17.4 Å². The van der Waals surface area contributed by atoms with Crippen LogP contribution in [0.3, 0.4) is 0 Å². The van der Waals surface area contributed by atoms with Crippen LogP contribution in [0.15, 0.2) is 17.1 Å². The number of thiol groups is 1. The summed E-state index contributed by atoms with van der Waals surface area (Å²) in [5, 5.41) is 8.65. The number of nitrogens with zero attached hydrogens (tertiary/aromatic N) is 2. The van der Waals surface area contributed by atoms with Crippen LogP contribution in [0.1, 0.15) is 6.23 Å². The number of aliphatic hydroxyl groups excluding tert-OH is 1. The van der Waals surface area contributed by atoms with E-state index in [9.17, 15) is 24.6 Å². The number of hydrogen-bond donors (Lipinski definition) is 6. The quantitative estimate of drug-likeness (QED) is 0.186. The van der Waals surface area contributed by atoms with Gasteiger partial charge in [0.25, 0.3) is 6.72 Å². The first-order chi connectivity index (χ1) is 11.3. The summed E-state index contributed by atoms with van der Waals surface area (Å²) in [7, 11) is -0.180. The van der Waals surface area contributed by atoms with E-state index < -0.39 is 42.7 Å². The Kier molecular flexibility index (Phi) is 6.19. The fourth-order valence-electron chi connectivity index (χ4n) is 2.36. The molecule has 1 saturated heterocycles. The number of nitrogens with two attached hydrogens (primary N) is 1. The van der Waals surface area contributed by atoms with Crippen molar-refractivity contribution in [3.8, 4) is 12.3 Å². The zero-order valence-electron chi connectivity index (χ0n) is 12.3. The zero-order chi connectivity index (χ0) is 17.9. The van der Waals surface area contributed by atoms with Crippen molar-refractivity contribution in [2.24, 2.45) is 0 Å². The topological polar surface area (TPSA) is 160 Å². The number of anilines is 1. The van der Waals surface area contributed by atoms with Crippen molar-refractivity contribution in [2.45, 2.75) is 23.7 Å². The lowest BCUT2D eigenvalue weighted by molar-refractivity contribution is -0.0673. The maximum absolute atomic E-state index is 12.0. The van der Waals surface area contributed by atoms with Gasteiger partial charge in [-0.05, 0) is 6.07 Å². The largest absolute Gasteiger partial charge is 0.394 e. The lowest BCUT2D eigenvalue weighted by atomic mass is 10.2. The Balaban J connectivity index is 2.46. The molecule has 0 amide bonds. The normalized spacial score (nSPS) is 27.1. The van der Waals surface area contributed by atoms with Crippen LogP contribution >= 0.6 is 6.72 Å². The maximum atomic E-state index is 12.0. The van der Waals surface area contributed by atoms with Gasteiger partial charge in [0.2, 0.25) is 0 Å². The van der Waals surface area contributed by atoms with E-state index in [1.54, 1.807) is 0 Å². The standard InChI is InChI=1S/C12H18N3O7PS/c1-2-5-21-9-10(24-23(18,19)20)7(6-16)22-11(9)15-4-3-8(13)14-12(15)17/h1,3-4,7,9-11,16,18-20,24H,5-6H2,(H2,13,14,17)/t7-,9+,10+,11-/m1/s1. The summed E-state index contributed by atoms with van der Waals surface area (Å²) >= 11 is 0. The number of terminal acetylenes is 1. The second-order valence-electron chi connectivity index (χ2n) is 4.91. The Hall–Kier alpha value is -1.22. The van der Waals surface area contributed by atoms with Gasteiger partial charge in [0.15, 0.2) is 6.23 Å². The van der Waals surface area contributed by atoms with E-state index in [2.05, 4.69) is 10.9 Å². The van der Waals surface area contributed by atoms with E-state index in [-0.39, 0.29) is 23.4 Å². The predicted octanol–water partition coefficient (Wildman–Crippen LogP) is -2.43. The van der Waals surface area contributed by atoms with Crippen molar-refractivity contribution in [1.29, 1.82) is 0 Å². The molecule has 1 aliphatic heterocycles. The molecule has 0 aliphatic carbocycles. The highest BCUT2D eigenvalue weighted by Crippen LogP contribution is 2.39. The zero-order valence-corrected chi connectivity index (χ0v) is 14.1. The maximum Gasteiger partial charge on any atom is 0.351 e. The number of ether oxygens (including phenoxy) is 2. The van der Waals surface area contributed by atoms with Crippen LogP contribution in [0.25, 0.3) is 0 Å². The monoisotopic (exact) mass is 379 g/mol. The molecule has 134 valence electrons. The number of rotatable bonds is 5. The van der Waals surface area contributed by atoms with Crippen molar-refractivity contribution < 1.29 is 29.3 Å². The summed E-state index contributed by atoms with van der Waals surface area (Å²) in [6, 6.07) is 1.38. The van der Waals surface area contributed by atoms with E-state index in [0.717, 1.165) is 4.57 Å². The molecule has 6 N–H and O–H groups in total. The molecule has 0 saturated carbocycles. The summed E-state index contributed by atoms with van der Waals surface area (Å²) in [6.45, 7) is -4.82. The van der Waals surface area contributed by atoms with Crippen LogP contribution in [-0.4, -0.2) is 60.0 Å². The van der Waals surface area contributed by atoms with Gasteiger partial charge in [0, 0.05) is 6.20 Å². The highest BCUT2D eigenvalue weighted by atomic mass is 32.5. The lowest BCUT2D eigenvalue weighted by Gasteiger charge is -2.23. The Morgan fingerprint density at radius 3 is 2.79 bits per heavy atom. The van der Waals surface area contributed by atoms with Crippen LogP contribution in [0.4, 0.5) is 5.82 Å². The number of aromatic nitrogens is 2. The van der Waals surface area contributed by atoms with Crippen LogP contribution in [-0.2, 0) is 20.4 Å². The van der Waals surface area contributed by atoms with E-state index in [1.807, 2.05) is 0 Å². The van der Waals surface area contributed by atoms with Gasteiger partial charge in [-0.25, -0.2) is 4.79 Å². The fourth-order valence-corrected chi connectivity index (χ4v) is 5.31. The van der Waals surface area contributed by atoms with E-state index in [0.29, 0.717) is 0 Å². The molecule has 10 nitrogen and oxygen atoms in total. The molecule has 0 bridgehead atoms. The van der Waals surface area contributed by atoms with Crippen molar-refractivity contribution >= 4 is 23.5 Å². The summed E-state index contributed by atoms with van der Waals surface area (Å²) in [4.78, 5) is 43.7. The molecule has 0 unspecified atom stereocenters. The van der Waals surface area contributed by atoms with Crippen LogP contribution in [0.5, 0.6) is 0 Å². The Morgan fingerprint density at radius 2 is 2.25 bits per heavy atom. The number of aliphatic hydroxyl groups is 1. The SMILES string of the molecule is C#CCO[C@H]1[C@@H]([SH]=P(O)(O)O)[C@@H](CO)O[C@H]1n1ccc(N)nc1=O. The van der Waals surface area contributed by atoms with Crippen molar-refractivity contribution in [3.05, 3.63) is 22.7 Å². The molecule has 24 heavy (non-hydrogen) atoms. The van der Waals surface area contributed by atoms with Crippen LogP contribution in [0.2, 0.25) is 0 Å². The average molecular weight is 379 g/mol. The van der Waals surface area contributed by atoms with Crippen molar-refractivity contribution in [2.75, 3.05) is 18.9 Å². The van der Waals surface area contributed by atoms with Gasteiger partial charge in [0.1, 0.15) is 18.5 Å². The molecule has 2 rings (SSSR count). The number of nitrogen functional groups attached to an aromatic ring is 1. The molecule has 0 radical (unpaired) electrons. The first-order valence-corrected chi connectivity index (χ1v) is 10.0. The molecule has 0 aromatic carbocycles. The van der Waals surface area contributed by atoms with Gasteiger partial charge >= 0.3 is 5.69 Å². The minimum absolute atomic E-state index is 0.0229. The molecule has 1 aliphatic rings. The summed E-state index contributed by atoms with van der Waals surface area (Å²) in [6.07, 6.45) is 3.66. The molecule has 1 fully saturated rings. The molecule has 2 heterocycles. The van der Waals surface area contributed by atoms with E-state index in [1.165, 1.54) is 12.3 Å². The molecule has 1 aromatic heterocycles. The highest BCUT2D eigenvalue weighted by Gasteiger charge is 2.46. The predicted molar refractivity (Wildman–Crippen MR) is 88.6 cm³/mol. The van der Waals surface area contributed by atoms with Crippen LogP contribution < -0.4 is 11.4 Å². The summed E-state index contributed by atoms with van der Waals surface area (Å²) < 4.78 is 12.2. The minimum Gasteiger partial charge on any atom is -0.394 e. The Morgan fingerprint density at radius 1 is 1.54 bits per heavy atom. The minimum atomic E-state index is -4.20.